The summed E-state index contributed by atoms with van der Waals surface area (Å²) in [4.78, 5) is 233. The van der Waals surface area contributed by atoms with Crippen LogP contribution in [0, 0.1) is 23.7 Å². The summed E-state index contributed by atoms with van der Waals surface area (Å²) in [7, 11) is 0. The number of primary amides is 1. The molecule has 0 aromatic carbocycles. The number of rotatable bonds is 45. The van der Waals surface area contributed by atoms with E-state index in [1.807, 2.05) is 5.32 Å². The molecule has 3 aliphatic heterocycles. The molecule has 0 aliphatic carbocycles. The molecule has 21 N–H and O–H groups in total. The van der Waals surface area contributed by atoms with Gasteiger partial charge < -0.3 is 106 Å². The average molecular weight is 1490 g/mol. The quantitative estimate of drug-likeness (QED) is 0.0260. The van der Waals surface area contributed by atoms with E-state index in [0.717, 1.165) is 0 Å². The Morgan fingerprint density at radius 1 is 0.390 bits per heavy atom. The average Bonchev–Trinajstić information content (AvgIpc) is 1.72. The monoisotopic (exact) mass is 1490 g/mol. The lowest BCUT2D eigenvalue weighted by atomic mass is 9.98. The molecular weight excluding hydrogens is 1370 g/mol. The molecule has 0 spiro atoms. The van der Waals surface area contributed by atoms with Gasteiger partial charge in [0, 0.05) is 32.5 Å². The topological polar surface area (TPSA) is 585 Å². The van der Waals surface area contributed by atoms with Crippen molar-refractivity contribution in [2.45, 2.75) is 269 Å². The number of aliphatic carboxylic acids is 3. The second kappa shape index (κ2) is 44.0. The zero-order valence-corrected chi connectivity index (χ0v) is 62.1. The van der Waals surface area contributed by atoms with Crippen molar-refractivity contribution in [3.63, 3.8) is 0 Å². The molecule has 0 radical (unpaired) electrons. The van der Waals surface area contributed by atoms with Gasteiger partial charge in [0.05, 0.1) is 12.5 Å². The van der Waals surface area contributed by atoms with Crippen LogP contribution in [0.15, 0.2) is 0 Å². The molecule has 592 valence electrons. The smallest absolute Gasteiger partial charge is 0.326 e. The maximum Gasteiger partial charge on any atom is 0.326 e. The lowest BCUT2D eigenvalue weighted by Crippen LogP contribution is -2.61. The molecular formula is C68H115N17O20. The molecule has 3 rings (SSSR count). The van der Waals surface area contributed by atoms with Crippen molar-refractivity contribution in [3.8, 4) is 0 Å². The molecule has 105 heavy (non-hydrogen) atoms. The van der Waals surface area contributed by atoms with Crippen molar-refractivity contribution in [2.75, 3.05) is 32.7 Å². The molecule has 14 amide bonds. The molecule has 0 bridgehead atoms. The zero-order valence-electron chi connectivity index (χ0n) is 62.1. The van der Waals surface area contributed by atoms with Gasteiger partial charge in [0.2, 0.25) is 82.7 Å². The van der Waals surface area contributed by atoms with Crippen molar-refractivity contribution in [1.29, 1.82) is 0 Å². The van der Waals surface area contributed by atoms with E-state index in [0.29, 0.717) is 38.6 Å². The van der Waals surface area contributed by atoms with Crippen LogP contribution in [-0.2, 0) is 81.5 Å². The standard InChI is InChI=1S/C68H115N17O20/c1-34(2)32-44(59(95)81-53(36(5)6)64(100)76-40(18-11-13-27-69)57(93)75-41(23-25-49(71)86)58(94)80-45(68(104)105)33-51(89)90)79-61(97)47-21-17-31-85(47)67(103)54(37(7)8)82-62(98)48-22-16-30-84(48)66(102)43(24-26-50(87)88)77-56(92)39(10)73-55(91)38(9)74-60(96)46-20-15-29-83(46)65(101)42(19-12-14-28-70)78-63(99)52(72)35(3)4/h34-48,52-54H,11-33,69-70,72H2,1-10H3,(H2,71,86)(H,73,91)(H,74,96)(H,75,93)(H,76,100)(H,77,92)(H,78,99)(H,79,97)(H,80,94)(H,81,95)(H,82,98)(H,87,88)(H,89,90)(H,104,105)/t38-,39-,40-,41-,42-,43-,44-,45-,46-,47-,48-,52-,53-,54-/m0/s1. The van der Waals surface area contributed by atoms with Gasteiger partial charge in [0.15, 0.2) is 0 Å². The van der Waals surface area contributed by atoms with Gasteiger partial charge in [-0.2, -0.15) is 0 Å². The highest BCUT2D eigenvalue weighted by Gasteiger charge is 2.45. The highest BCUT2D eigenvalue weighted by Crippen LogP contribution is 2.25. The first-order chi connectivity index (χ1) is 49.3. The largest absolute Gasteiger partial charge is 0.481 e. The summed E-state index contributed by atoms with van der Waals surface area (Å²) < 4.78 is 0. The number of carboxylic acids is 3. The van der Waals surface area contributed by atoms with Gasteiger partial charge in [-0.25, -0.2) is 4.79 Å². The summed E-state index contributed by atoms with van der Waals surface area (Å²) in [6.45, 7) is 17.0. The van der Waals surface area contributed by atoms with Gasteiger partial charge in [-0.15, -0.1) is 0 Å². The van der Waals surface area contributed by atoms with Crippen molar-refractivity contribution < 1.29 is 96.8 Å². The second-order valence-corrected chi connectivity index (χ2v) is 28.7. The van der Waals surface area contributed by atoms with E-state index in [1.165, 1.54) is 28.5 Å². The van der Waals surface area contributed by atoms with E-state index < -0.39 is 229 Å². The van der Waals surface area contributed by atoms with Crippen LogP contribution in [0.4, 0.5) is 0 Å². The Morgan fingerprint density at radius 2 is 0.790 bits per heavy atom. The summed E-state index contributed by atoms with van der Waals surface area (Å²) in [6, 6.07) is -18.4. The van der Waals surface area contributed by atoms with Gasteiger partial charge in [0.1, 0.15) is 78.5 Å². The molecule has 3 heterocycles. The van der Waals surface area contributed by atoms with E-state index in [2.05, 4.69) is 47.9 Å². The summed E-state index contributed by atoms with van der Waals surface area (Å²) in [5, 5.41) is 54.0. The number of hydrogen-bond acceptors (Lipinski definition) is 20. The fourth-order valence-electron chi connectivity index (χ4n) is 12.4. The summed E-state index contributed by atoms with van der Waals surface area (Å²) in [6.07, 6.45) is 0.443. The minimum absolute atomic E-state index is 0.0173. The molecule has 3 saturated heterocycles. The molecule has 37 nitrogen and oxygen atoms in total. The third-order valence-electron chi connectivity index (χ3n) is 18.6. The van der Waals surface area contributed by atoms with E-state index in [4.69, 9.17) is 22.9 Å². The Labute approximate surface area is 611 Å². The van der Waals surface area contributed by atoms with Crippen LogP contribution in [0.5, 0.6) is 0 Å². The Bertz CT molecular complexity index is 3080. The third-order valence-corrected chi connectivity index (χ3v) is 18.6. The van der Waals surface area contributed by atoms with Crippen molar-refractivity contribution >= 4 is 101 Å². The van der Waals surface area contributed by atoms with E-state index in [-0.39, 0.29) is 89.4 Å². The number of carbonyl (C=O) groups is 17. The van der Waals surface area contributed by atoms with Crippen LogP contribution >= 0.6 is 0 Å². The lowest BCUT2D eigenvalue weighted by Gasteiger charge is -2.33. The number of carboxylic acid groups (broad SMARTS) is 3. The van der Waals surface area contributed by atoms with Gasteiger partial charge in [0.25, 0.3) is 0 Å². The maximum atomic E-state index is 14.7. The summed E-state index contributed by atoms with van der Waals surface area (Å²) in [5.74, 6) is -17.5. The van der Waals surface area contributed by atoms with E-state index in [9.17, 15) is 96.8 Å². The predicted molar refractivity (Wildman–Crippen MR) is 378 cm³/mol. The minimum Gasteiger partial charge on any atom is -0.481 e. The number of unbranched alkanes of at least 4 members (excludes halogenated alkanes) is 2. The number of hydrogen-bond donors (Lipinski definition) is 17. The van der Waals surface area contributed by atoms with Crippen molar-refractivity contribution in [3.05, 3.63) is 0 Å². The van der Waals surface area contributed by atoms with Crippen LogP contribution in [0.1, 0.15) is 185 Å². The first-order valence-corrected chi connectivity index (χ1v) is 36.3. The van der Waals surface area contributed by atoms with Gasteiger partial charge in [-0.1, -0.05) is 55.4 Å². The fourth-order valence-corrected chi connectivity index (χ4v) is 12.4. The highest BCUT2D eigenvalue weighted by molar-refractivity contribution is 6.01. The maximum absolute atomic E-state index is 14.7. The zero-order chi connectivity index (χ0) is 79.3. The number of carbonyl (C=O) groups excluding carboxylic acids is 14. The number of likely N-dealkylation sites (tertiary alicyclic amines) is 3. The third kappa shape index (κ3) is 28.7. The van der Waals surface area contributed by atoms with E-state index in [1.54, 1.807) is 55.4 Å². The minimum atomic E-state index is -1.92. The van der Waals surface area contributed by atoms with Gasteiger partial charge >= 0.3 is 17.9 Å². The first-order valence-electron chi connectivity index (χ1n) is 36.3. The number of amides is 14. The molecule has 0 aromatic heterocycles. The lowest BCUT2D eigenvalue weighted by molar-refractivity contribution is -0.147. The predicted octanol–water partition coefficient (Wildman–Crippen LogP) is -3.86. The molecule has 14 atom stereocenters. The summed E-state index contributed by atoms with van der Waals surface area (Å²) in [5.41, 5.74) is 22.8. The van der Waals surface area contributed by atoms with Crippen LogP contribution in [0.25, 0.3) is 0 Å². The second-order valence-electron chi connectivity index (χ2n) is 28.7. The van der Waals surface area contributed by atoms with Crippen molar-refractivity contribution in [2.24, 2.45) is 46.6 Å². The Morgan fingerprint density at radius 3 is 1.25 bits per heavy atom. The fraction of sp³-hybridized carbons (Fsp3) is 0.750. The Hall–Kier alpha value is -9.13. The van der Waals surface area contributed by atoms with Gasteiger partial charge in [-0.05, 0) is 147 Å². The molecule has 0 aromatic rings. The molecule has 0 unspecified atom stereocenters. The number of nitrogens with two attached hydrogens (primary N) is 4. The van der Waals surface area contributed by atoms with Crippen LogP contribution < -0.4 is 76.1 Å². The Balaban J connectivity index is 1.77. The van der Waals surface area contributed by atoms with Crippen molar-refractivity contribution in [1.82, 2.24) is 67.9 Å². The van der Waals surface area contributed by atoms with Crippen LogP contribution in [0.2, 0.25) is 0 Å². The summed E-state index contributed by atoms with van der Waals surface area (Å²) >= 11 is 0. The highest BCUT2D eigenvalue weighted by atomic mass is 16.4. The van der Waals surface area contributed by atoms with Crippen LogP contribution in [-0.4, -0.2) is 248 Å². The van der Waals surface area contributed by atoms with Crippen LogP contribution in [0.3, 0.4) is 0 Å². The molecule has 0 saturated carbocycles. The van der Waals surface area contributed by atoms with E-state index >= 15 is 0 Å². The first kappa shape index (κ1) is 90.1. The number of nitrogens with zero attached hydrogens (tertiary/aromatic N) is 3. The molecule has 3 fully saturated rings. The Kier molecular flexibility index (Phi) is 37.7. The number of nitrogens with one attached hydrogen (secondary N) is 10. The molecule has 37 heteroatoms. The van der Waals surface area contributed by atoms with Gasteiger partial charge in [-0.3, -0.25) is 76.7 Å². The molecule has 3 aliphatic rings. The normalized spacial score (nSPS) is 18.9. The SMILES string of the molecule is CC(C)C[C@H](NC(=O)[C@@H]1CCCN1C(=O)[C@@H](NC(=O)[C@@H]1CCCN1C(=O)[C@H](CCC(=O)O)NC(=O)[C@H](C)NC(=O)[C@H](C)NC(=O)[C@@H]1CCCN1C(=O)[C@H](CCCCN)NC(=O)[C@@H](N)C(C)C)C(C)C)C(=O)N[C@H](C(=O)N[C@@H](CCCCN)C(=O)N[C@@H](CCC(N)=O)C(=O)N[C@@H](CC(=O)O)C(=O)O)C(C)C.